The summed E-state index contributed by atoms with van der Waals surface area (Å²) in [5, 5.41) is 3.72. The van der Waals surface area contributed by atoms with Crippen molar-refractivity contribution in [3.63, 3.8) is 0 Å². The molecule has 116 valence electrons. The molecule has 2 heterocycles. The topological polar surface area (TPSA) is 30.5 Å². The SMILES string of the molecule is Cc1cc(NC2CCOC3(CCOCC3)C2)cc(C)c1Br. The summed E-state index contributed by atoms with van der Waals surface area (Å²) < 4.78 is 12.8. The molecule has 0 aliphatic carbocycles. The summed E-state index contributed by atoms with van der Waals surface area (Å²) >= 11 is 3.63. The third-order valence-corrected chi connectivity index (χ3v) is 5.96. The highest BCUT2D eigenvalue weighted by molar-refractivity contribution is 9.10. The molecule has 21 heavy (non-hydrogen) atoms. The highest BCUT2D eigenvalue weighted by Crippen LogP contribution is 2.35. The van der Waals surface area contributed by atoms with Crippen molar-refractivity contribution >= 4 is 21.6 Å². The molecule has 0 saturated carbocycles. The fourth-order valence-corrected chi connectivity index (χ4v) is 3.74. The van der Waals surface area contributed by atoms with Crippen molar-refractivity contribution in [1.29, 1.82) is 0 Å². The lowest BCUT2D eigenvalue weighted by molar-refractivity contribution is -0.135. The molecule has 2 aliphatic rings. The minimum absolute atomic E-state index is 0.0492. The van der Waals surface area contributed by atoms with Gasteiger partial charge in [0.1, 0.15) is 0 Å². The summed E-state index contributed by atoms with van der Waals surface area (Å²) in [6.07, 6.45) is 4.23. The van der Waals surface area contributed by atoms with Crippen LogP contribution in [0, 0.1) is 13.8 Å². The van der Waals surface area contributed by atoms with E-state index in [9.17, 15) is 0 Å². The highest BCUT2D eigenvalue weighted by atomic mass is 79.9. The molecule has 2 saturated heterocycles. The van der Waals surface area contributed by atoms with Crippen LogP contribution in [-0.2, 0) is 9.47 Å². The monoisotopic (exact) mass is 353 g/mol. The number of rotatable bonds is 2. The van der Waals surface area contributed by atoms with Gasteiger partial charge in [-0.15, -0.1) is 0 Å². The molecule has 0 aromatic heterocycles. The quantitative estimate of drug-likeness (QED) is 0.863. The average molecular weight is 354 g/mol. The number of halogens is 1. The van der Waals surface area contributed by atoms with Crippen molar-refractivity contribution in [2.24, 2.45) is 0 Å². The zero-order chi connectivity index (χ0) is 14.9. The maximum absolute atomic E-state index is 6.11. The van der Waals surface area contributed by atoms with Gasteiger partial charge in [-0.25, -0.2) is 0 Å². The van der Waals surface area contributed by atoms with Crippen LogP contribution in [0.4, 0.5) is 5.69 Å². The Labute approximate surface area is 135 Å². The van der Waals surface area contributed by atoms with Crippen LogP contribution in [0.1, 0.15) is 36.8 Å². The summed E-state index contributed by atoms with van der Waals surface area (Å²) in [4.78, 5) is 0. The van der Waals surface area contributed by atoms with Crippen LogP contribution in [0.5, 0.6) is 0 Å². The summed E-state index contributed by atoms with van der Waals surface area (Å²) in [7, 11) is 0. The molecule has 3 nitrogen and oxygen atoms in total. The molecule has 0 radical (unpaired) electrons. The lowest BCUT2D eigenvalue weighted by Gasteiger charge is -2.43. The second kappa shape index (κ2) is 6.27. The molecular weight excluding hydrogens is 330 g/mol. The number of anilines is 1. The number of nitrogens with one attached hydrogen (secondary N) is 1. The van der Waals surface area contributed by atoms with Gasteiger partial charge in [0.25, 0.3) is 0 Å². The van der Waals surface area contributed by atoms with Gasteiger partial charge in [-0.2, -0.15) is 0 Å². The maximum atomic E-state index is 6.11. The van der Waals surface area contributed by atoms with E-state index in [1.54, 1.807) is 0 Å². The zero-order valence-electron chi connectivity index (χ0n) is 12.9. The van der Waals surface area contributed by atoms with Crippen molar-refractivity contribution in [3.8, 4) is 0 Å². The van der Waals surface area contributed by atoms with Crippen LogP contribution in [0.3, 0.4) is 0 Å². The fourth-order valence-electron chi connectivity index (χ4n) is 3.51. The number of hydrogen-bond acceptors (Lipinski definition) is 3. The predicted molar refractivity (Wildman–Crippen MR) is 89.0 cm³/mol. The Morgan fingerprint density at radius 1 is 1.14 bits per heavy atom. The Bertz CT molecular complexity index is 483. The van der Waals surface area contributed by atoms with Crippen LogP contribution in [0.15, 0.2) is 16.6 Å². The van der Waals surface area contributed by atoms with E-state index >= 15 is 0 Å². The van der Waals surface area contributed by atoms with Crippen molar-refractivity contribution in [2.45, 2.75) is 51.2 Å². The van der Waals surface area contributed by atoms with Gasteiger partial charge in [-0.05, 0) is 62.8 Å². The minimum Gasteiger partial charge on any atom is -0.382 e. The van der Waals surface area contributed by atoms with Crippen LogP contribution in [0.25, 0.3) is 0 Å². The van der Waals surface area contributed by atoms with E-state index in [0.29, 0.717) is 6.04 Å². The second-order valence-corrected chi connectivity index (χ2v) is 7.19. The average Bonchev–Trinajstić information content (AvgIpc) is 2.45. The first-order chi connectivity index (χ1) is 10.1. The Balaban J connectivity index is 1.70. The maximum Gasteiger partial charge on any atom is 0.0745 e. The van der Waals surface area contributed by atoms with Gasteiger partial charge in [0.2, 0.25) is 0 Å². The summed E-state index contributed by atoms with van der Waals surface area (Å²) in [5.74, 6) is 0. The van der Waals surface area contributed by atoms with Gasteiger partial charge in [-0.3, -0.25) is 0 Å². The Morgan fingerprint density at radius 2 is 1.81 bits per heavy atom. The lowest BCUT2D eigenvalue weighted by Crippen LogP contribution is -2.47. The van der Waals surface area contributed by atoms with Gasteiger partial charge in [-0.1, -0.05) is 15.9 Å². The normalized spacial score (nSPS) is 25.0. The van der Waals surface area contributed by atoms with Gasteiger partial charge >= 0.3 is 0 Å². The molecule has 1 N–H and O–H groups in total. The molecule has 1 aromatic carbocycles. The predicted octanol–water partition coefficient (Wildman–Crippen LogP) is 4.21. The summed E-state index contributed by atoms with van der Waals surface area (Å²) in [6, 6.07) is 4.95. The lowest BCUT2D eigenvalue weighted by atomic mass is 9.84. The molecule has 0 amide bonds. The molecule has 4 heteroatoms. The van der Waals surface area contributed by atoms with Crippen LogP contribution in [0.2, 0.25) is 0 Å². The van der Waals surface area contributed by atoms with Gasteiger partial charge in [0.15, 0.2) is 0 Å². The van der Waals surface area contributed by atoms with Gasteiger partial charge in [0, 0.05) is 36.0 Å². The van der Waals surface area contributed by atoms with E-state index in [0.717, 1.165) is 45.5 Å². The van der Waals surface area contributed by atoms with E-state index in [-0.39, 0.29) is 5.60 Å². The van der Waals surface area contributed by atoms with Crippen LogP contribution < -0.4 is 5.32 Å². The minimum atomic E-state index is 0.0492. The molecule has 2 aliphatic heterocycles. The van der Waals surface area contributed by atoms with E-state index < -0.39 is 0 Å². The van der Waals surface area contributed by atoms with E-state index in [1.165, 1.54) is 21.3 Å². The van der Waals surface area contributed by atoms with Crippen molar-refractivity contribution in [1.82, 2.24) is 0 Å². The first-order valence-corrected chi connectivity index (χ1v) is 8.62. The van der Waals surface area contributed by atoms with Crippen molar-refractivity contribution < 1.29 is 9.47 Å². The number of benzene rings is 1. The van der Waals surface area contributed by atoms with Crippen molar-refractivity contribution in [3.05, 3.63) is 27.7 Å². The van der Waals surface area contributed by atoms with E-state index in [2.05, 4.69) is 47.2 Å². The summed E-state index contributed by atoms with van der Waals surface area (Å²) in [5.41, 5.74) is 3.84. The fraction of sp³-hybridized carbons (Fsp3) is 0.647. The molecular formula is C17H24BrNO2. The van der Waals surface area contributed by atoms with Gasteiger partial charge < -0.3 is 14.8 Å². The van der Waals surface area contributed by atoms with Crippen molar-refractivity contribution in [2.75, 3.05) is 25.1 Å². The standard InChI is InChI=1S/C17H24BrNO2/c1-12-9-15(10-13(2)16(12)18)19-14-3-6-21-17(11-14)4-7-20-8-5-17/h9-10,14,19H,3-8,11H2,1-2H3. The molecule has 1 spiro atoms. The van der Waals surface area contributed by atoms with E-state index in [1.807, 2.05) is 0 Å². The molecule has 1 unspecified atom stereocenters. The number of hydrogen-bond donors (Lipinski definition) is 1. The second-order valence-electron chi connectivity index (χ2n) is 6.40. The first-order valence-electron chi connectivity index (χ1n) is 7.83. The number of aryl methyl sites for hydroxylation is 2. The third-order valence-electron chi connectivity index (χ3n) is 4.70. The molecule has 2 fully saturated rings. The van der Waals surface area contributed by atoms with E-state index in [4.69, 9.17) is 9.47 Å². The molecule has 1 aromatic rings. The molecule has 1 atom stereocenters. The highest BCUT2D eigenvalue weighted by Gasteiger charge is 2.38. The van der Waals surface area contributed by atoms with Crippen LogP contribution in [-0.4, -0.2) is 31.5 Å². The number of ether oxygens (including phenoxy) is 2. The summed E-state index contributed by atoms with van der Waals surface area (Å²) in [6.45, 7) is 6.82. The Hall–Kier alpha value is -0.580. The molecule has 0 bridgehead atoms. The van der Waals surface area contributed by atoms with Crippen LogP contribution >= 0.6 is 15.9 Å². The van der Waals surface area contributed by atoms with Gasteiger partial charge in [0.05, 0.1) is 5.60 Å². The smallest absolute Gasteiger partial charge is 0.0745 e. The largest absolute Gasteiger partial charge is 0.382 e. The first kappa shape index (κ1) is 15.3. The molecule has 3 rings (SSSR count). The Kier molecular flexibility index (Phi) is 4.57. The zero-order valence-corrected chi connectivity index (χ0v) is 14.5. The Morgan fingerprint density at radius 3 is 2.48 bits per heavy atom. The third kappa shape index (κ3) is 3.43.